The molecule has 0 aromatic heterocycles. The smallest absolute Gasteiger partial charge is 0.236 e. The van der Waals surface area contributed by atoms with E-state index in [0.717, 1.165) is 25.3 Å². The van der Waals surface area contributed by atoms with Crippen LogP contribution in [0.1, 0.15) is 31.4 Å². The first-order chi connectivity index (χ1) is 11.7. The first kappa shape index (κ1) is 19.7. The summed E-state index contributed by atoms with van der Waals surface area (Å²) in [6.45, 7) is 11.8. The van der Waals surface area contributed by atoms with Crippen LogP contribution in [-0.2, 0) is 4.79 Å². The van der Waals surface area contributed by atoms with Crippen molar-refractivity contribution in [2.75, 3.05) is 39.8 Å². The molecule has 1 aromatic rings. The van der Waals surface area contributed by atoms with Gasteiger partial charge in [0.25, 0.3) is 0 Å². The summed E-state index contributed by atoms with van der Waals surface area (Å²) in [6.07, 6.45) is 0.944. The van der Waals surface area contributed by atoms with Crippen molar-refractivity contribution in [1.82, 2.24) is 9.80 Å². The Kier molecular flexibility index (Phi) is 6.47. The molecular formula is C20H33N3O2. The Labute approximate surface area is 152 Å². The maximum Gasteiger partial charge on any atom is 0.236 e. The van der Waals surface area contributed by atoms with Crippen LogP contribution in [0.15, 0.2) is 18.2 Å². The molecular weight excluding hydrogens is 314 g/mol. The topological polar surface area (TPSA) is 58.8 Å². The zero-order valence-electron chi connectivity index (χ0n) is 16.3. The number of likely N-dealkylation sites (N-methyl/N-ethyl adjacent to an activating group) is 1. The van der Waals surface area contributed by atoms with Crippen molar-refractivity contribution >= 4 is 5.91 Å². The van der Waals surface area contributed by atoms with Crippen LogP contribution in [0.25, 0.3) is 0 Å². The Morgan fingerprint density at radius 3 is 2.56 bits per heavy atom. The second-order valence-electron chi connectivity index (χ2n) is 8.08. The number of carbonyl (C=O) groups is 1. The normalized spacial score (nSPS) is 20.3. The second kappa shape index (κ2) is 8.19. The van der Waals surface area contributed by atoms with Gasteiger partial charge in [-0.3, -0.25) is 9.69 Å². The maximum absolute atomic E-state index is 12.5. The number of hydrogen-bond acceptors (Lipinski definition) is 4. The molecule has 1 heterocycles. The van der Waals surface area contributed by atoms with Crippen LogP contribution in [0.2, 0.25) is 0 Å². The third-order valence-corrected chi connectivity index (χ3v) is 5.07. The number of likely N-dealkylation sites (tertiary alicyclic amines) is 1. The molecule has 5 heteroatoms. The molecule has 25 heavy (non-hydrogen) atoms. The van der Waals surface area contributed by atoms with E-state index in [1.165, 1.54) is 11.1 Å². The second-order valence-corrected chi connectivity index (χ2v) is 8.08. The van der Waals surface area contributed by atoms with Crippen LogP contribution >= 0.6 is 0 Å². The molecule has 0 spiro atoms. The fourth-order valence-electron chi connectivity index (χ4n) is 3.37. The van der Waals surface area contributed by atoms with E-state index in [2.05, 4.69) is 38.7 Å². The van der Waals surface area contributed by atoms with Crippen molar-refractivity contribution in [3.63, 3.8) is 0 Å². The molecule has 1 aliphatic rings. The van der Waals surface area contributed by atoms with E-state index in [-0.39, 0.29) is 17.4 Å². The maximum atomic E-state index is 12.5. The van der Waals surface area contributed by atoms with Crippen molar-refractivity contribution in [3.05, 3.63) is 29.3 Å². The molecule has 1 aromatic carbocycles. The van der Waals surface area contributed by atoms with Crippen LogP contribution < -0.4 is 10.5 Å². The number of ether oxygens (including phenoxy) is 1. The number of nitrogens with two attached hydrogens (primary N) is 1. The average Bonchev–Trinajstić information content (AvgIpc) is 2.49. The summed E-state index contributed by atoms with van der Waals surface area (Å²) in [5.74, 6) is 1.00. The van der Waals surface area contributed by atoms with Crippen LogP contribution in [0.5, 0.6) is 5.75 Å². The molecule has 140 valence electrons. The Morgan fingerprint density at radius 1 is 1.32 bits per heavy atom. The molecule has 1 aliphatic heterocycles. The standard InChI is InChI=1S/C20H33N3O2/c1-15-10-16(2)12-17(11-15)25-9-8-22(5)19(24)13-23-7-6-18(21)20(3,4)14-23/h10-12,18H,6-9,13-14,21H2,1-5H3. The van der Waals surface area contributed by atoms with Crippen molar-refractivity contribution in [2.24, 2.45) is 11.1 Å². The first-order valence-corrected chi connectivity index (χ1v) is 9.10. The number of benzene rings is 1. The SMILES string of the molecule is Cc1cc(C)cc(OCCN(C)C(=O)CN2CCC(N)C(C)(C)C2)c1. The minimum absolute atomic E-state index is 0.0588. The van der Waals surface area contributed by atoms with Crippen LogP contribution in [0.3, 0.4) is 0 Å². The molecule has 5 nitrogen and oxygen atoms in total. The number of hydrogen-bond donors (Lipinski definition) is 1. The van der Waals surface area contributed by atoms with E-state index >= 15 is 0 Å². The first-order valence-electron chi connectivity index (χ1n) is 9.10. The number of nitrogens with zero attached hydrogens (tertiary/aromatic N) is 2. The fraction of sp³-hybridized carbons (Fsp3) is 0.650. The van der Waals surface area contributed by atoms with E-state index in [4.69, 9.17) is 10.5 Å². The summed E-state index contributed by atoms with van der Waals surface area (Å²) in [6, 6.07) is 6.37. The van der Waals surface area contributed by atoms with E-state index in [9.17, 15) is 4.79 Å². The zero-order valence-corrected chi connectivity index (χ0v) is 16.3. The van der Waals surface area contributed by atoms with Gasteiger partial charge in [-0.1, -0.05) is 19.9 Å². The van der Waals surface area contributed by atoms with Gasteiger partial charge in [-0.2, -0.15) is 0 Å². The number of piperidine rings is 1. The molecule has 1 saturated heterocycles. The lowest BCUT2D eigenvalue weighted by Crippen LogP contribution is -2.54. The van der Waals surface area contributed by atoms with Crippen LogP contribution in [0, 0.1) is 19.3 Å². The summed E-state index contributed by atoms with van der Waals surface area (Å²) < 4.78 is 5.80. The van der Waals surface area contributed by atoms with E-state index in [0.29, 0.717) is 19.7 Å². The molecule has 0 radical (unpaired) electrons. The van der Waals surface area contributed by atoms with Gasteiger partial charge in [0.2, 0.25) is 5.91 Å². The van der Waals surface area contributed by atoms with Crippen molar-refractivity contribution < 1.29 is 9.53 Å². The van der Waals surface area contributed by atoms with Gasteiger partial charge in [-0.05, 0) is 48.9 Å². The third kappa shape index (κ3) is 5.72. The van der Waals surface area contributed by atoms with Gasteiger partial charge in [0.1, 0.15) is 12.4 Å². The predicted molar refractivity (Wildman–Crippen MR) is 102 cm³/mol. The molecule has 1 atom stereocenters. The van der Waals surface area contributed by atoms with Crippen molar-refractivity contribution in [3.8, 4) is 5.75 Å². The number of amides is 1. The van der Waals surface area contributed by atoms with Crippen molar-refractivity contribution in [1.29, 1.82) is 0 Å². The number of aryl methyl sites for hydroxylation is 2. The Morgan fingerprint density at radius 2 is 1.96 bits per heavy atom. The fourth-order valence-corrected chi connectivity index (χ4v) is 3.37. The lowest BCUT2D eigenvalue weighted by molar-refractivity contribution is -0.132. The summed E-state index contributed by atoms with van der Waals surface area (Å²) in [5, 5.41) is 0. The summed E-state index contributed by atoms with van der Waals surface area (Å²) in [5.41, 5.74) is 8.60. The van der Waals surface area contributed by atoms with E-state index in [1.54, 1.807) is 4.90 Å². The lowest BCUT2D eigenvalue weighted by Gasteiger charge is -2.42. The quantitative estimate of drug-likeness (QED) is 0.857. The van der Waals surface area contributed by atoms with E-state index < -0.39 is 0 Å². The highest BCUT2D eigenvalue weighted by atomic mass is 16.5. The van der Waals surface area contributed by atoms with Crippen LogP contribution in [0.4, 0.5) is 0 Å². The van der Waals surface area contributed by atoms with Gasteiger partial charge in [0, 0.05) is 26.2 Å². The molecule has 2 rings (SSSR count). The molecule has 0 saturated carbocycles. The molecule has 0 bridgehead atoms. The van der Waals surface area contributed by atoms with Gasteiger partial charge in [-0.15, -0.1) is 0 Å². The zero-order chi connectivity index (χ0) is 18.6. The molecule has 1 unspecified atom stereocenters. The van der Waals surface area contributed by atoms with Crippen molar-refractivity contribution in [2.45, 2.75) is 40.2 Å². The number of rotatable bonds is 6. The van der Waals surface area contributed by atoms with Crippen LogP contribution in [-0.4, -0.2) is 61.6 Å². The number of carbonyl (C=O) groups excluding carboxylic acids is 1. The predicted octanol–water partition coefficient (Wildman–Crippen LogP) is 2.20. The van der Waals surface area contributed by atoms with Gasteiger partial charge >= 0.3 is 0 Å². The Balaban J connectivity index is 1.76. The minimum atomic E-state index is 0.0588. The summed E-state index contributed by atoms with van der Waals surface area (Å²) in [7, 11) is 1.84. The lowest BCUT2D eigenvalue weighted by atomic mass is 9.80. The van der Waals surface area contributed by atoms with Gasteiger partial charge < -0.3 is 15.4 Å². The van der Waals surface area contributed by atoms with Gasteiger partial charge in [-0.25, -0.2) is 0 Å². The van der Waals surface area contributed by atoms with Gasteiger partial charge in [0.05, 0.1) is 13.1 Å². The largest absolute Gasteiger partial charge is 0.492 e. The molecule has 1 amide bonds. The molecule has 2 N–H and O–H groups in total. The Bertz CT molecular complexity index is 580. The minimum Gasteiger partial charge on any atom is -0.492 e. The summed E-state index contributed by atoms with van der Waals surface area (Å²) >= 11 is 0. The summed E-state index contributed by atoms with van der Waals surface area (Å²) in [4.78, 5) is 16.4. The monoisotopic (exact) mass is 347 g/mol. The molecule has 1 fully saturated rings. The Hall–Kier alpha value is -1.59. The highest BCUT2D eigenvalue weighted by Crippen LogP contribution is 2.27. The average molecular weight is 348 g/mol. The third-order valence-electron chi connectivity index (χ3n) is 5.07. The highest BCUT2D eigenvalue weighted by Gasteiger charge is 2.34. The van der Waals surface area contributed by atoms with Gasteiger partial charge in [0.15, 0.2) is 0 Å². The van der Waals surface area contributed by atoms with E-state index in [1.807, 2.05) is 19.2 Å². The highest BCUT2D eigenvalue weighted by molar-refractivity contribution is 5.78. The molecule has 0 aliphatic carbocycles.